The van der Waals surface area contributed by atoms with Crippen molar-refractivity contribution in [2.24, 2.45) is 0 Å². The van der Waals surface area contributed by atoms with Crippen molar-refractivity contribution in [2.45, 2.75) is 46.6 Å². The number of carbonyl (C=O) groups excluding carboxylic acids is 2. The van der Waals surface area contributed by atoms with Crippen molar-refractivity contribution in [3.63, 3.8) is 0 Å². The fraction of sp³-hybridized carbons (Fsp3) is 0.444. The smallest absolute Gasteiger partial charge is 0.266 e. The number of piperazine rings is 1. The summed E-state index contributed by atoms with van der Waals surface area (Å²) in [7, 11) is 2.65. The number of aliphatic hydroxyl groups is 3. The Balaban J connectivity index is 1.55. The van der Waals surface area contributed by atoms with Gasteiger partial charge in [0.2, 0.25) is 0 Å². The molecule has 2 amide bonds. The molecule has 2 aliphatic carbocycles. The largest absolute Gasteiger partial charge is 0.387 e. The summed E-state index contributed by atoms with van der Waals surface area (Å²) in [5.74, 6) is -0.513. The zero-order chi connectivity index (χ0) is 18.7. The standard InChI is InChI=1S/C18H16N2O5S2/c21-10-4-5-12(23)14-9(10)7-18-16(25)19-13-8(2-1-3-11(13)22)6-17(19,26-27-18)15(24)20(14)18/h1-5,7,10-14,21-23H,6H2/t10-,11-,12-,13-,14-,17+,18+/m0/s1. The molecule has 27 heavy (non-hydrogen) atoms. The summed E-state index contributed by atoms with van der Waals surface area (Å²) >= 11 is 0. The summed E-state index contributed by atoms with van der Waals surface area (Å²) in [5, 5.41) is 31.4. The Kier molecular flexibility index (Phi) is 2.98. The van der Waals surface area contributed by atoms with Gasteiger partial charge in [-0.2, -0.15) is 0 Å². The minimum absolute atomic E-state index is 0.244. The zero-order valence-electron chi connectivity index (χ0n) is 13.9. The molecule has 4 saturated heterocycles. The fourth-order valence-electron chi connectivity index (χ4n) is 5.18. The van der Waals surface area contributed by atoms with Crippen LogP contribution in [-0.2, 0) is 9.59 Å². The average Bonchev–Trinajstić information content (AvgIpc) is 3.18. The second-order valence-corrected chi connectivity index (χ2v) is 10.3. The molecule has 0 aromatic heterocycles. The SMILES string of the molecule is O=C1N2[C@H]3C(=CC=C[C@@H]3O)C[C@]23SS[C@]12C=C1[C@@H](O)C=C[C@H](O)[C@H]1N2C3=O. The van der Waals surface area contributed by atoms with Crippen molar-refractivity contribution < 1.29 is 24.9 Å². The molecule has 3 N–H and O–H groups in total. The molecule has 7 atom stereocenters. The number of fused-ring (bicyclic) bond motifs is 3. The van der Waals surface area contributed by atoms with E-state index < -0.39 is 40.1 Å². The number of aliphatic hydroxyl groups excluding tert-OH is 3. The van der Waals surface area contributed by atoms with E-state index in [9.17, 15) is 24.9 Å². The van der Waals surface area contributed by atoms with Gasteiger partial charge in [0.05, 0.1) is 30.4 Å². The Labute approximate surface area is 162 Å². The molecule has 4 fully saturated rings. The Morgan fingerprint density at radius 3 is 2.56 bits per heavy atom. The first kappa shape index (κ1) is 16.4. The predicted octanol–water partition coefficient (Wildman–Crippen LogP) is -0.326. The van der Waals surface area contributed by atoms with Crippen LogP contribution in [-0.4, -0.2) is 77.1 Å². The highest BCUT2D eigenvalue weighted by atomic mass is 33.1. The van der Waals surface area contributed by atoms with Crippen molar-refractivity contribution in [3.8, 4) is 0 Å². The monoisotopic (exact) mass is 404 g/mol. The predicted molar refractivity (Wildman–Crippen MR) is 99.0 cm³/mol. The molecule has 9 heteroatoms. The van der Waals surface area contributed by atoms with Gasteiger partial charge in [0.1, 0.15) is 0 Å². The normalized spacial score (nSPS) is 48.9. The van der Waals surface area contributed by atoms with E-state index in [1.165, 1.54) is 38.6 Å². The molecule has 0 aromatic carbocycles. The molecule has 0 aromatic rings. The van der Waals surface area contributed by atoms with E-state index in [4.69, 9.17) is 0 Å². The number of hydrogen-bond acceptors (Lipinski definition) is 7. The van der Waals surface area contributed by atoms with Crippen molar-refractivity contribution in [3.05, 3.63) is 47.6 Å². The molecule has 7 aliphatic rings. The van der Waals surface area contributed by atoms with Gasteiger partial charge in [0.25, 0.3) is 11.8 Å². The van der Waals surface area contributed by atoms with Crippen LogP contribution in [0.25, 0.3) is 0 Å². The van der Waals surface area contributed by atoms with Gasteiger partial charge in [-0.15, -0.1) is 0 Å². The highest BCUT2D eigenvalue weighted by molar-refractivity contribution is 8.78. The average molecular weight is 404 g/mol. The first-order valence-corrected chi connectivity index (χ1v) is 10.9. The van der Waals surface area contributed by atoms with Gasteiger partial charge in [-0.25, -0.2) is 0 Å². The fourth-order valence-corrected chi connectivity index (χ4v) is 8.77. The van der Waals surface area contributed by atoms with Crippen LogP contribution in [0.5, 0.6) is 0 Å². The zero-order valence-corrected chi connectivity index (χ0v) is 15.6. The van der Waals surface area contributed by atoms with E-state index in [2.05, 4.69) is 0 Å². The molecule has 0 saturated carbocycles. The van der Waals surface area contributed by atoms with Gasteiger partial charge < -0.3 is 25.1 Å². The highest BCUT2D eigenvalue weighted by Gasteiger charge is 2.76. The van der Waals surface area contributed by atoms with Gasteiger partial charge >= 0.3 is 0 Å². The van der Waals surface area contributed by atoms with E-state index in [1.54, 1.807) is 23.1 Å². The summed E-state index contributed by atoms with van der Waals surface area (Å²) in [5.41, 5.74) is 1.35. The van der Waals surface area contributed by atoms with E-state index in [0.29, 0.717) is 12.0 Å². The van der Waals surface area contributed by atoms with Gasteiger partial charge in [-0.05, 0) is 28.0 Å². The van der Waals surface area contributed by atoms with Crippen LogP contribution in [0.3, 0.4) is 0 Å². The maximum Gasteiger partial charge on any atom is 0.266 e. The molecule has 5 aliphatic heterocycles. The maximum atomic E-state index is 13.7. The lowest BCUT2D eigenvalue weighted by Gasteiger charge is -2.58. The molecule has 0 unspecified atom stereocenters. The molecule has 2 spiro atoms. The second-order valence-electron chi connectivity index (χ2n) is 7.65. The van der Waals surface area contributed by atoms with Crippen LogP contribution < -0.4 is 0 Å². The summed E-state index contributed by atoms with van der Waals surface area (Å²) < 4.78 is 0. The van der Waals surface area contributed by atoms with Crippen molar-refractivity contribution in [2.75, 3.05) is 0 Å². The lowest BCUT2D eigenvalue weighted by molar-refractivity contribution is -0.167. The number of nitrogens with zero attached hydrogens (tertiary/aromatic N) is 2. The van der Waals surface area contributed by atoms with Crippen LogP contribution in [0.1, 0.15) is 6.42 Å². The van der Waals surface area contributed by atoms with Crippen molar-refractivity contribution >= 4 is 33.4 Å². The van der Waals surface area contributed by atoms with Gasteiger partial charge in [-0.1, -0.05) is 41.2 Å². The second kappa shape index (κ2) is 4.90. The van der Waals surface area contributed by atoms with E-state index >= 15 is 0 Å². The van der Waals surface area contributed by atoms with Crippen molar-refractivity contribution in [1.82, 2.24) is 9.80 Å². The van der Waals surface area contributed by atoms with E-state index in [0.717, 1.165) is 5.57 Å². The minimum atomic E-state index is -1.30. The summed E-state index contributed by atoms with van der Waals surface area (Å²) in [6.45, 7) is 0. The molecular formula is C18H16N2O5S2. The molecule has 5 heterocycles. The summed E-state index contributed by atoms with van der Waals surface area (Å²) in [4.78, 5) is 28.0. The van der Waals surface area contributed by atoms with Crippen LogP contribution in [0.2, 0.25) is 0 Å². The molecule has 7 rings (SSSR count). The minimum Gasteiger partial charge on any atom is -0.387 e. The number of amides is 2. The molecule has 0 radical (unpaired) electrons. The Morgan fingerprint density at radius 2 is 1.74 bits per heavy atom. The maximum absolute atomic E-state index is 13.7. The first-order chi connectivity index (χ1) is 12.9. The third-order valence-electron chi connectivity index (χ3n) is 6.31. The van der Waals surface area contributed by atoms with Crippen LogP contribution in [0.4, 0.5) is 0 Å². The molecule has 2 bridgehead atoms. The van der Waals surface area contributed by atoms with Crippen LogP contribution >= 0.6 is 21.6 Å². The van der Waals surface area contributed by atoms with E-state index in [1.807, 2.05) is 6.08 Å². The van der Waals surface area contributed by atoms with Gasteiger partial charge in [-0.3, -0.25) is 9.59 Å². The third kappa shape index (κ3) is 1.65. The first-order valence-electron chi connectivity index (χ1n) is 8.77. The van der Waals surface area contributed by atoms with Crippen molar-refractivity contribution in [1.29, 1.82) is 0 Å². The lowest BCUT2D eigenvalue weighted by Crippen LogP contribution is -2.77. The van der Waals surface area contributed by atoms with Gasteiger partial charge in [0.15, 0.2) is 9.74 Å². The highest BCUT2D eigenvalue weighted by Crippen LogP contribution is 2.68. The van der Waals surface area contributed by atoms with Crippen LogP contribution in [0, 0.1) is 0 Å². The molecular weight excluding hydrogens is 388 g/mol. The number of allylic oxidation sites excluding steroid dienone is 2. The third-order valence-corrected chi connectivity index (χ3v) is 9.77. The lowest BCUT2D eigenvalue weighted by atomic mass is 9.91. The number of hydrogen-bond donors (Lipinski definition) is 3. The van der Waals surface area contributed by atoms with Crippen LogP contribution in [0.15, 0.2) is 47.6 Å². The van der Waals surface area contributed by atoms with Gasteiger partial charge in [0, 0.05) is 6.42 Å². The number of carbonyl (C=O) groups is 2. The summed E-state index contributed by atoms with van der Waals surface area (Å²) in [6.07, 6.45) is 7.45. The Morgan fingerprint density at radius 1 is 0.963 bits per heavy atom. The van der Waals surface area contributed by atoms with E-state index in [-0.39, 0.29) is 11.8 Å². The molecule has 140 valence electrons. The summed E-state index contributed by atoms with van der Waals surface area (Å²) in [6, 6.07) is -1.29. The topological polar surface area (TPSA) is 101 Å². The quantitative estimate of drug-likeness (QED) is 0.376. The Bertz CT molecular complexity index is 929. The molecule has 7 nitrogen and oxygen atoms in total. The number of rotatable bonds is 0. The Hall–Kier alpha value is -1.52.